The SMILES string of the molecule is c1ccc(-c2cccc(-c3cccc4c3nc(-n3c5ccccc5c5ccccc53)n4-c3ccccc3-c3ccccc3)n2)cc1. The van der Waals surface area contributed by atoms with Gasteiger partial charge in [0.05, 0.1) is 33.6 Å². The van der Waals surface area contributed by atoms with Crippen molar-refractivity contribution in [1.29, 1.82) is 0 Å². The molecule has 0 spiro atoms. The molecule has 3 aromatic heterocycles. The molecular weight excluding hydrogens is 560 g/mol. The molecule has 9 rings (SSSR count). The normalized spacial score (nSPS) is 11.5. The molecule has 9 aromatic rings. The maximum absolute atomic E-state index is 5.53. The number of nitrogens with zero attached hydrogens (tertiary/aromatic N) is 4. The number of para-hydroxylation sites is 4. The maximum Gasteiger partial charge on any atom is 0.220 e. The molecule has 0 fully saturated rings. The van der Waals surface area contributed by atoms with Crippen molar-refractivity contribution in [1.82, 2.24) is 19.1 Å². The quantitative estimate of drug-likeness (QED) is 0.200. The lowest BCUT2D eigenvalue weighted by Gasteiger charge is -2.16. The van der Waals surface area contributed by atoms with E-state index in [1.807, 2.05) is 18.2 Å². The van der Waals surface area contributed by atoms with Gasteiger partial charge in [0.25, 0.3) is 0 Å². The van der Waals surface area contributed by atoms with E-state index < -0.39 is 0 Å². The molecule has 0 bridgehead atoms. The van der Waals surface area contributed by atoms with Crippen LogP contribution in [0.4, 0.5) is 0 Å². The third-order valence-corrected chi connectivity index (χ3v) is 8.77. The summed E-state index contributed by atoms with van der Waals surface area (Å²) >= 11 is 0. The first-order chi connectivity index (χ1) is 22.8. The molecule has 0 aliphatic rings. The minimum absolute atomic E-state index is 0.836. The summed E-state index contributed by atoms with van der Waals surface area (Å²) < 4.78 is 4.63. The van der Waals surface area contributed by atoms with Gasteiger partial charge in [-0.05, 0) is 42.0 Å². The van der Waals surface area contributed by atoms with Gasteiger partial charge >= 0.3 is 0 Å². The Morgan fingerprint density at radius 1 is 0.348 bits per heavy atom. The molecule has 46 heavy (non-hydrogen) atoms. The van der Waals surface area contributed by atoms with E-state index in [0.29, 0.717) is 0 Å². The highest BCUT2D eigenvalue weighted by atomic mass is 15.2. The second-order valence-electron chi connectivity index (χ2n) is 11.4. The molecule has 0 atom stereocenters. The van der Waals surface area contributed by atoms with E-state index in [2.05, 4.69) is 161 Å². The predicted octanol–water partition coefficient (Wildman–Crippen LogP) is 10.5. The molecule has 0 aliphatic heterocycles. The number of hydrogen-bond donors (Lipinski definition) is 0. The van der Waals surface area contributed by atoms with Crippen LogP contribution in [0.1, 0.15) is 0 Å². The lowest BCUT2D eigenvalue weighted by molar-refractivity contribution is 0.957. The van der Waals surface area contributed by atoms with Crippen LogP contribution in [0, 0.1) is 0 Å². The van der Waals surface area contributed by atoms with Gasteiger partial charge in [-0.15, -0.1) is 0 Å². The fourth-order valence-electron chi connectivity index (χ4n) is 6.70. The Bertz CT molecular complexity index is 2470. The Morgan fingerprint density at radius 2 is 0.891 bits per heavy atom. The van der Waals surface area contributed by atoms with Crippen LogP contribution in [-0.4, -0.2) is 19.1 Å². The third-order valence-electron chi connectivity index (χ3n) is 8.77. The topological polar surface area (TPSA) is 35.6 Å². The average Bonchev–Trinajstić information content (AvgIpc) is 3.68. The third kappa shape index (κ3) is 4.15. The molecule has 216 valence electrons. The van der Waals surface area contributed by atoms with Gasteiger partial charge in [-0.1, -0.05) is 133 Å². The van der Waals surface area contributed by atoms with Crippen molar-refractivity contribution in [3.63, 3.8) is 0 Å². The Morgan fingerprint density at radius 3 is 1.63 bits per heavy atom. The lowest BCUT2D eigenvalue weighted by Crippen LogP contribution is -2.06. The Hall–Kier alpha value is -6.26. The number of rotatable bonds is 5. The summed E-state index contributed by atoms with van der Waals surface area (Å²) in [7, 11) is 0. The molecule has 4 nitrogen and oxygen atoms in total. The van der Waals surface area contributed by atoms with Gasteiger partial charge in [-0.3, -0.25) is 9.13 Å². The van der Waals surface area contributed by atoms with Crippen LogP contribution in [0.5, 0.6) is 0 Å². The minimum atomic E-state index is 0.836. The average molecular weight is 589 g/mol. The van der Waals surface area contributed by atoms with Crippen LogP contribution < -0.4 is 0 Å². The van der Waals surface area contributed by atoms with Gasteiger partial charge < -0.3 is 0 Å². The number of hydrogen-bond acceptors (Lipinski definition) is 2. The summed E-state index contributed by atoms with van der Waals surface area (Å²) in [5, 5.41) is 2.40. The molecule has 0 aliphatic carbocycles. The molecular formula is C42H28N4. The largest absolute Gasteiger partial charge is 0.279 e. The number of fused-ring (bicyclic) bond motifs is 4. The first-order valence-corrected chi connectivity index (χ1v) is 15.5. The predicted molar refractivity (Wildman–Crippen MR) is 190 cm³/mol. The number of pyridine rings is 1. The summed E-state index contributed by atoms with van der Waals surface area (Å²) in [6.07, 6.45) is 0. The molecule has 3 heterocycles. The zero-order valence-corrected chi connectivity index (χ0v) is 25.0. The van der Waals surface area contributed by atoms with Crippen molar-refractivity contribution in [3.05, 3.63) is 170 Å². The van der Waals surface area contributed by atoms with Crippen molar-refractivity contribution in [2.75, 3.05) is 0 Å². The van der Waals surface area contributed by atoms with Gasteiger partial charge in [0.1, 0.15) is 5.52 Å². The molecule has 0 N–H and O–H groups in total. The zero-order chi connectivity index (χ0) is 30.5. The van der Waals surface area contributed by atoms with E-state index >= 15 is 0 Å². The summed E-state index contributed by atoms with van der Waals surface area (Å²) in [5.41, 5.74) is 11.4. The Balaban J connectivity index is 1.39. The fourth-order valence-corrected chi connectivity index (χ4v) is 6.70. The smallest absolute Gasteiger partial charge is 0.220 e. The molecule has 4 heteroatoms. The van der Waals surface area contributed by atoms with E-state index in [1.54, 1.807) is 0 Å². The summed E-state index contributed by atoms with van der Waals surface area (Å²) in [5.74, 6) is 0.836. The standard InChI is InChI=1S/C42H28N4/c1-3-15-29(16-4-1)31-19-7-10-25-37(31)46-40-28-13-22-34(36-24-14-23-35(43-36)30-17-5-2-6-18-30)41(40)44-42(46)45-38-26-11-8-20-32(38)33-21-9-12-27-39(33)45/h1-28H. The van der Waals surface area contributed by atoms with Crippen molar-refractivity contribution in [2.45, 2.75) is 0 Å². The Labute approximate surface area is 266 Å². The van der Waals surface area contributed by atoms with E-state index in [-0.39, 0.29) is 0 Å². The molecule has 6 aromatic carbocycles. The summed E-state index contributed by atoms with van der Waals surface area (Å²) in [6, 6.07) is 59.4. The van der Waals surface area contributed by atoms with Crippen molar-refractivity contribution < 1.29 is 0 Å². The fraction of sp³-hybridized carbons (Fsp3) is 0. The molecule has 0 saturated carbocycles. The van der Waals surface area contributed by atoms with Gasteiger partial charge in [-0.25, -0.2) is 9.97 Å². The van der Waals surface area contributed by atoms with Crippen LogP contribution in [0.2, 0.25) is 0 Å². The second-order valence-corrected chi connectivity index (χ2v) is 11.4. The van der Waals surface area contributed by atoms with E-state index in [0.717, 1.165) is 67.3 Å². The second kappa shape index (κ2) is 10.7. The highest BCUT2D eigenvalue weighted by Crippen LogP contribution is 2.39. The van der Waals surface area contributed by atoms with Gasteiger partial charge in [0, 0.05) is 27.5 Å². The zero-order valence-electron chi connectivity index (χ0n) is 25.0. The number of aromatic nitrogens is 4. The van der Waals surface area contributed by atoms with Crippen LogP contribution in [0.25, 0.3) is 78.1 Å². The maximum atomic E-state index is 5.53. The summed E-state index contributed by atoms with van der Waals surface area (Å²) in [6.45, 7) is 0. The van der Waals surface area contributed by atoms with E-state index in [4.69, 9.17) is 9.97 Å². The van der Waals surface area contributed by atoms with Crippen LogP contribution in [0.3, 0.4) is 0 Å². The lowest BCUT2D eigenvalue weighted by atomic mass is 10.0. The van der Waals surface area contributed by atoms with Crippen molar-refractivity contribution >= 4 is 32.8 Å². The van der Waals surface area contributed by atoms with Crippen molar-refractivity contribution in [2.24, 2.45) is 0 Å². The van der Waals surface area contributed by atoms with E-state index in [1.165, 1.54) is 10.8 Å². The Kier molecular flexibility index (Phi) is 6.10. The highest BCUT2D eigenvalue weighted by Gasteiger charge is 2.23. The minimum Gasteiger partial charge on any atom is -0.279 e. The highest BCUT2D eigenvalue weighted by molar-refractivity contribution is 6.09. The van der Waals surface area contributed by atoms with Crippen LogP contribution >= 0.6 is 0 Å². The van der Waals surface area contributed by atoms with Crippen LogP contribution in [0.15, 0.2) is 170 Å². The van der Waals surface area contributed by atoms with Gasteiger partial charge in [0.15, 0.2) is 0 Å². The van der Waals surface area contributed by atoms with Gasteiger partial charge in [-0.2, -0.15) is 0 Å². The van der Waals surface area contributed by atoms with E-state index in [9.17, 15) is 0 Å². The monoisotopic (exact) mass is 588 g/mol. The molecule has 0 radical (unpaired) electrons. The first kappa shape index (κ1) is 26.2. The molecule has 0 amide bonds. The van der Waals surface area contributed by atoms with Gasteiger partial charge in [0.2, 0.25) is 5.95 Å². The first-order valence-electron chi connectivity index (χ1n) is 15.5. The molecule has 0 saturated heterocycles. The van der Waals surface area contributed by atoms with Crippen molar-refractivity contribution in [3.8, 4) is 45.3 Å². The van der Waals surface area contributed by atoms with Crippen LogP contribution in [-0.2, 0) is 0 Å². The number of imidazole rings is 1. The summed E-state index contributed by atoms with van der Waals surface area (Å²) in [4.78, 5) is 10.7. The molecule has 0 unspecified atom stereocenters. The number of benzene rings is 6.